The van der Waals surface area contributed by atoms with Gasteiger partial charge in [-0.05, 0) is 24.7 Å². The summed E-state index contributed by atoms with van der Waals surface area (Å²) in [5.41, 5.74) is 0.220. The molecule has 1 atom stereocenters. The summed E-state index contributed by atoms with van der Waals surface area (Å²) in [6.07, 6.45) is 0.980. The number of alkyl carbamates (subject to hydrolysis) is 1. The number of carboxylic acid groups (broad SMARTS) is 2. The maximum atomic E-state index is 11.3. The second kappa shape index (κ2) is 8.39. The first kappa shape index (κ1) is 18.2. The van der Waals surface area contributed by atoms with Crippen LogP contribution in [0.1, 0.15) is 46.5 Å². The van der Waals surface area contributed by atoms with Gasteiger partial charge in [-0.15, -0.1) is 0 Å². The molecule has 0 aromatic heterocycles. The smallest absolute Gasteiger partial charge is 0.407 e. The SMILES string of the molecule is CC(C)(C)CCCCOC(=O)N[C@@H](CC(=O)O)C(=O)O. The summed E-state index contributed by atoms with van der Waals surface area (Å²) in [5.74, 6) is -2.71. The van der Waals surface area contributed by atoms with Crippen LogP contribution in [0.2, 0.25) is 0 Å². The monoisotopic (exact) mass is 289 g/mol. The fourth-order valence-electron chi connectivity index (χ4n) is 1.48. The summed E-state index contributed by atoms with van der Waals surface area (Å²) in [4.78, 5) is 32.5. The van der Waals surface area contributed by atoms with E-state index in [0.717, 1.165) is 12.8 Å². The van der Waals surface area contributed by atoms with Crippen LogP contribution >= 0.6 is 0 Å². The number of hydrogen-bond acceptors (Lipinski definition) is 4. The van der Waals surface area contributed by atoms with Crippen LogP contribution in [0.25, 0.3) is 0 Å². The lowest BCUT2D eigenvalue weighted by Gasteiger charge is -2.17. The predicted molar refractivity (Wildman–Crippen MR) is 71.5 cm³/mol. The van der Waals surface area contributed by atoms with E-state index in [-0.39, 0.29) is 12.0 Å². The molecule has 0 rings (SSSR count). The largest absolute Gasteiger partial charge is 0.481 e. The molecule has 0 heterocycles. The molecule has 0 aliphatic heterocycles. The van der Waals surface area contributed by atoms with Crippen LogP contribution in [0.3, 0.4) is 0 Å². The standard InChI is InChI=1S/C13H23NO6/c1-13(2,3)6-4-5-7-20-12(19)14-9(11(17)18)8-10(15)16/h9H,4-8H2,1-3H3,(H,14,19)(H,15,16)(H,17,18)/t9-/m0/s1. The molecule has 0 spiro atoms. The van der Waals surface area contributed by atoms with Gasteiger partial charge in [0.15, 0.2) is 0 Å². The minimum Gasteiger partial charge on any atom is -0.481 e. The van der Waals surface area contributed by atoms with Crippen LogP contribution in [-0.2, 0) is 14.3 Å². The van der Waals surface area contributed by atoms with Crippen LogP contribution < -0.4 is 5.32 Å². The number of unbranched alkanes of at least 4 members (excludes halogenated alkanes) is 1. The van der Waals surface area contributed by atoms with Gasteiger partial charge < -0.3 is 20.3 Å². The Bertz CT molecular complexity index is 347. The minimum atomic E-state index is -1.48. The quantitative estimate of drug-likeness (QED) is 0.588. The third-order valence-corrected chi connectivity index (χ3v) is 2.52. The first-order chi connectivity index (χ1) is 9.11. The molecular formula is C13H23NO6. The van der Waals surface area contributed by atoms with Crippen molar-refractivity contribution in [2.45, 2.75) is 52.5 Å². The molecule has 0 saturated heterocycles. The third kappa shape index (κ3) is 10.2. The lowest BCUT2D eigenvalue weighted by molar-refractivity contribution is -0.145. The third-order valence-electron chi connectivity index (χ3n) is 2.52. The van der Waals surface area contributed by atoms with E-state index in [4.69, 9.17) is 14.9 Å². The van der Waals surface area contributed by atoms with Crippen molar-refractivity contribution in [2.24, 2.45) is 5.41 Å². The zero-order chi connectivity index (χ0) is 15.8. The normalized spacial score (nSPS) is 12.6. The fraction of sp³-hybridized carbons (Fsp3) is 0.769. The summed E-state index contributed by atoms with van der Waals surface area (Å²) in [6.45, 7) is 6.53. The summed E-state index contributed by atoms with van der Waals surface area (Å²) in [7, 11) is 0. The molecular weight excluding hydrogens is 266 g/mol. The summed E-state index contributed by atoms with van der Waals surface area (Å²) >= 11 is 0. The van der Waals surface area contributed by atoms with Gasteiger partial charge in [0.1, 0.15) is 6.04 Å². The first-order valence-electron chi connectivity index (χ1n) is 6.50. The van der Waals surface area contributed by atoms with Crippen molar-refractivity contribution in [1.29, 1.82) is 0 Å². The van der Waals surface area contributed by atoms with Crippen molar-refractivity contribution in [3.63, 3.8) is 0 Å². The number of aliphatic carboxylic acids is 2. The van der Waals surface area contributed by atoms with Crippen LogP contribution in [0.4, 0.5) is 4.79 Å². The zero-order valence-corrected chi connectivity index (χ0v) is 12.1. The van der Waals surface area contributed by atoms with Crippen molar-refractivity contribution >= 4 is 18.0 Å². The molecule has 0 aromatic carbocycles. The van der Waals surface area contributed by atoms with Crippen LogP contribution in [0.15, 0.2) is 0 Å². The van der Waals surface area contributed by atoms with Crippen molar-refractivity contribution in [3.8, 4) is 0 Å². The van der Waals surface area contributed by atoms with Gasteiger partial charge in [0.25, 0.3) is 0 Å². The second-order valence-corrected chi connectivity index (χ2v) is 5.79. The van der Waals surface area contributed by atoms with Gasteiger partial charge in [-0.3, -0.25) is 4.79 Å². The number of rotatable bonds is 8. The molecule has 0 aliphatic rings. The first-order valence-corrected chi connectivity index (χ1v) is 6.50. The highest BCUT2D eigenvalue weighted by molar-refractivity contribution is 5.84. The van der Waals surface area contributed by atoms with Gasteiger partial charge in [-0.2, -0.15) is 0 Å². The summed E-state index contributed by atoms with van der Waals surface area (Å²) < 4.78 is 4.81. The predicted octanol–water partition coefficient (Wildman–Crippen LogP) is 1.86. The van der Waals surface area contributed by atoms with E-state index in [1.807, 2.05) is 5.32 Å². The van der Waals surface area contributed by atoms with Crippen molar-refractivity contribution in [2.75, 3.05) is 6.61 Å². The van der Waals surface area contributed by atoms with Gasteiger partial charge >= 0.3 is 18.0 Å². The molecule has 0 unspecified atom stereocenters. The molecule has 0 fully saturated rings. The number of amides is 1. The number of nitrogens with one attached hydrogen (secondary N) is 1. The van der Waals surface area contributed by atoms with E-state index < -0.39 is 30.5 Å². The second-order valence-electron chi connectivity index (χ2n) is 5.79. The van der Waals surface area contributed by atoms with Gasteiger partial charge in [0, 0.05) is 0 Å². The molecule has 7 nitrogen and oxygen atoms in total. The average Bonchev–Trinajstić information content (AvgIpc) is 2.25. The van der Waals surface area contributed by atoms with Crippen molar-refractivity contribution in [1.82, 2.24) is 5.32 Å². The molecule has 116 valence electrons. The number of ether oxygens (including phenoxy) is 1. The van der Waals surface area contributed by atoms with Crippen LogP contribution in [0, 0.1) is 5.41 Å². The van der Waals surface area contributed by atoms with E-state index in [0.29, 0.717) is 6.42 Å². The summed E-state index contributed by atoms with van der Waals surface area (Å²) in [5, 5.41) is 19.3. The Morgan fingerprint density at radius 1 is 1.15 bits per heavy atom. The highest BCUT2D eigenvalue weighted by Gasteiger charge is 2.23. The molecule has 3 N–H and O–H groups in total. The number of carboxylic acids is 2. The van der Waals surface area contributed by atoms with Gasteiger partial charge in [-0.1, -0.05) is 20.8 Å². The van der Waals surface area contributed by atoms with E-state index in [1.54, 1.807) is 0 Å². The van der Waals surface area contributed by atoms with Gasteiger partial charge in [-0.25, -0.2) is 9.59 Å². The minimum absolute atomic E-state index is 0.182. The number of hydrogen-bond donors (Lipinski definition) is 3. The Kier molecular flexibility index (Phi) is 7.64. The number of carbonyl (C=O) groups excluding carboxylic acids is 1. The molecule has 0 saturated carbocycles. The van der Waals surface area contributed by atoms with E-state index in [1.165, 1.54) is 0 Å². The van der Waals surface area contributed by atoms with E-state index in [2.05, 4.69) is 20.8 Å². The molecule has 1 amide bonds. The van der Waals surface area contributed by atoms with Crippen LogP contribution in [0.5, 0.6) is 0 Å². The maximum Gasteiger partial charge on any atom is 0.407 e. The Balaban J connectivity index is 3.91. The van der Waals surface area contributed by atoms with Crippen molar-refractivity contribution in [3.05, 3.63) is 0 Å². The Morgan fingerprint density at radius 2 is 1.75 bits per heavy atom. The Labute approximate surface area is 118 Å². The maximum absolute atomic E-state index is 11.3. The van der Waals surface area contributed by atoms with Crippen molar-refractivity contribution < 1.29 is 29.3 Å². The molecule has 20 heavy (non-hydrogen) atoms. The molecule has 0 radical (unpaired) electrons. The van der Waals surface area contributed by atoms with Crippen LogP contribution in [-0.4, -0.2) is 40.9 Å². The number of carbonyl (C=O) groups is 3. The lowest BCUT2D eigenvalue weighted by atomic mass is 9.90. The topological polar surface area (TPSA) is 113 Å². The highest BCUT2D eigenvalue weighted by Crippen LogP contribution is 2.21. The highest BCUT2D eigenvalue weighted by atomic mass is 16.5. The Hall–Kier alpha value is -1.79. The lowest BCUT2D eigenvalue weighted by Crippen LogP contribution is -2.42. The molecule has 0 aliphatic carbocycles. The van der Waals surface area contributed by atoms with Gasteiger partial charge in [0.05, 0.1) is 13.0 Å². The fourth-order valence-corrected chi connectivity index (χ4v) is 1.48. The van der Waals surface area contributed by atoms with E-state index >= 15 is 0 Å². The Morgan fingerprint density at radius 3 is 2.20 bits per heavy atom. The molecule has 0 aromatic rings. The average molecular weight is 289 g/mol. The van der Waals surface area contributed by atoms with Gasteiger partial charge in [0.2, 0.25) is 0 Å². The van der Waals surface area contributed by atoms with E-state index in [9.17, 15) is 14.4 Å². The molecule has 0 bridgehead atoms. The molecule has 7 heteroatoms. The summed E-state index contributed by atoms with van der Waals surface area (Å²) in [6, 6.07) is -1.48. The zero-order valence-electron chi connectivity index (χ0n) is 12.1.